The molecular weight excluding hydrogens is 529 g/mol. The molecule has 4 rings (SSSR count). The maximum Gasteiger partial charge on any atom is 0.407 e. The average Bonchev–Trinajstić information content (AvgIpc) is 3.50. The Labute approximate surface area is 228 Å². The highest BCUT2D eigenvalue weighted by molar-refractivity contribution is 7.89. The lowest BCUT2D eigenvalue weighted by atomic mass is 10.0. The van der Waals surface area contributed by atoms with Gasteiger partial charge in [-0.3, -0.25) is 0 Å². The summed E-state index contributed by atoms with van der Waals surface area (Å²) in [7, 11) is -4.14. The number of hydrogen-bond acceptors (Lipinski definition) is 8. The van der Waals surface area contributed by atoms with Gasteiger partial charge in [0.1, 0.15) is 11.9 Å². The van der Waals surface area contributed by atoms with Crippen molar-refractivity contribution >= 4 is 21.8 Å². The zero-order chi connectivity index (χ0) is 28.2. The lowest BCUT2D eigenvalue weighted by molar-refractivity contribution is -0.0907. The van der Waals surface area contributed by atoms with Crippen LogP contribution in [0.3, 0.4) is 0 Å². The van der Waals surface area contributed by atoms with Crippen molar-refractivity contribution in [2.45, 2.75) is 56.1 Å². The number of carbonyl (C=O) groups is 1. The van der Waals surface area contributed by atoms with Crippen molar-refractivity contribution in [1.29, 1.82) is 0 Å². The molecular formula is C27H36FN3O7S. The Hall–Kier alpha value is -2.77. The van der Waals surface area contributed by atoms with Crippen LogP contribution in [-0.2, 0) is 30.7 Å². The maximum absolute atomic E-state index is 13.7. The Bertz CT molecular complexity index is 1230. The first kappa shape index (κ1) is 29.2. The number of nitrogens with two attached hydrogens (primary N) is 1. The van der Waals surface area contributed by atoms with Crippen LogP contribution < -0.4 is 11.1 Å². The number of alkyl carbamates (subject to hydrolysis) is 1. The van der Waals surface area contributed by atoms with E-state index in [0.717, 1.165) is 28.1 Å². The van der Waals surface area contributed by atoms with E-state index in [2.05, 4.69) is 5.32 Å². The number of carbonyl (C=O) groups excluding carboxylic acids is 1. The predicted molar refractivity (Wildman–Crippen MR) is 142 cm³/mol. The van der Waals surface area contributed by atoms with Gasteiger partial charge in [0.2, 0.25) is 10.0 Å². The maximum atomic E-state index is 13.7. The molecule has 2 fully saturated rings. The molecule has 2 heterocycles. The lowest BCUT2D eigenvalue weighted by Gasteiger charge is -2.31. The first-order chi connectivity index (χ1) is 18.5. The number of amides is 1. The number of aliphatic hydroxyl groups is 1. The number of fused-ring (bicyclic) bond motifs is 1. The first-order valence-electron chi connectivity index (χ1n) is 13.0. The summed E-state index contributed by atoms with van der Waals surface area (Å²) in [4.78, 5) is 12.7. The molecule has 1 amide bonds. The molecule has 12 heteroatoms. The number of aliphatic hydroxyl groups excluding tert-OH is 1. The van der Waals surface area contributed by atoms with Gasteiger partial charge in [-0.1, -0.05) is 44.2 Å². The normalized spacial score (nSPS) is 22.6. The first-order valence-corrected chi connectivity index (χ1v) is 14.5. The molecule has 2 aromatic carbocycles. The van der Waals surface area contributed by atoms with Crippen LogP contribution in [0.25, 0.3) is 0 Å². The molecule has 0 aromatic heterocycles. The number of sulfonamides is 1. The summed E-state index contributed by atoms with van der Waals surface area (Å²) < 4.78 is 58.5. The van der Waals surface area contributed by atoms with Crippen LogP contribution in [-0.4, -0.2) is 74.8 Å². The highest BCUT2D eigenvalue weighted by Gasteiger charge is 2.44. The van der Waals surface area contributed by atoms with Crippen molar-refractivity contribution in [1.82, 2.24) is 9.62 Å². The van der Waals surface area contributed by atoms with Gasteiger partial charge in [0.25, 0.3) is 0 Å². The van der Waals surface area contributed by atoms with Crippen LogP contribution in [0, 0.1) is 17.7 Å². The summed E-state index contributed by atoms with van der Waals surface area (Å²) in [6.45, 7) is 4.20. The molecule has 0 radical (unpaired) electrons. The Kier molecular flexibility index (Phi) is 9.44. The van der Waals surface area contributed by atoms with Crippen molar-refractivity contribution in [3.05, 3.63) is 59.9 Å². The standard InChI is InChI=1S/C27H36FN3O7S/c1-17(2)14-31(39(34,35)19-8-9-21(28)22(29)13-19)15-24(32)23(12-18-6-4-3-5-7-18)30-27(33)38-25-16-37-26-20(25)10-11-36-26/h3-9,13,17,20,23-26,32H,10-12,14-16,29H2,1-2H3,(H,30,33)/t20?,23-,24+,25?,26+/m0/s1. The van der Waals surface area contributed by atoms with Crippen molar-refractivity contribution < 1.29 is 36.9 Å². The molecule has 0 aliphatic carbocycles. The number of ether oxygens (including phenoxy) is 3. The van der Waals surface area contributed by atoms with Gasteiger partial charge in [-0.2, -0.15) is 4.31 Å². The molecule has 2 aliphatic heterocycles. The number of benzene rings is 2. The van der Waals surface area contributed by atoms with E-state index in [0.29, 0.717) is 13.0 Å². The Morgan fingerprint density at radius 1 is 1.21 bits per heavy atom. The number of nitrogens with one attached hydrogen (secondary N) is 1. The van der Waals surface area contributed by atoms with Crippen molar-refractivity contribution in [3.8, 4) is 0 Å². The Morgan fingerprint density at radius 2 is 1.95 bits per heavy atom. The largest absolute Gasteiger partial charge is 0.443 e. The predicted octanol–water partition coefficient (Wildman–Crippen LogP) is 2.51. The van der Waals surface area contributed by atoms with E-state index in [1.807, 2.05) is 44.2 Å². The highest BCUT2D eigenvalue weighted by Crippen LogP contribution is 2.33. The van der Waals surface area contributed by atoms with Gasteiger partial charge >= 0.3 is 6.09 Å². The van der Waals surface area contributed by atoms with Gasteiger partial charge < -0.3 is 30.4 Å². The Morgan fingerprint density at radius 3 is 2.64 bits per heavy atom. The molecule has 0 saturated carbocycles. The number of nitrogens with zero attached hydrogens (tertiary/aromatic N) is 1. The van der Waals surface area contributed by atoms with E-state index in [1.54, 1.807) is 0 Å². The quantitative estimate of drug-likeness (QED) is 0.353. The van der Waals surface area contributed by atoms with Gasteiger partial charge in [-0.15, -0.1) is 0 Å². The van der Waals surface area contributed by atoms with Crippen LogP contribution in [0.5, 0.6) is 0 Å². The SMILES string of the molecule is CC(C)CN(C[C@@H](O)[C@H](Cc1ccccc1)NC(=O)OC1CO[C@H]2OCCC12)S(=O)(=O)c1ccc(F)c(N)c1. The minimum atomic E-state index is -4.14. The highest BCUT2D eigenvalue weighted by atomic mass is 32.2. The Balaban J connectivity index is 1.52. The van der Waals surface area contributed by atoms with Gasteiger partial charge in [0, 0.05) is 13.1 Å². The number of rotatable bonds is 11. The molecule has 2 unspecified atom stereocenters. The molecule has 214 valence electrons. The molecule has 2 aliphatic rings. The van der Waals surface area contributed by atoms with Crippen molar-refractivity contribution in [2.75, 3.05) is 32.0 Å². The summed E-state index contributed by atoms with van der Waals surface area (Å²) in [5, 5.41) is 14.1. The third-order valence-electron chi connectivity index (χ3n) is 6.87. The lowest BCUT2D eigenvalue weighted by Crippen LogP contribution is -2.51. The fraction of sp³-hybridized carbons (Fsp3) is 0.519. The molecule has 5 atom stereocenters. The van der Waals surface area contributed by atoms with Gasteiger partial charge in [0.15, 0.2) is 6.29 Å². The van der Waals surface area contributed by atoms with Crippen LogP contribution in [0.1, 0.15) is 25.8 Å². The van der Waals surface area contributed by atoms with Crippen LogP contribution in [0.4, 0.5) is 14.9 Å². The fourth-order valence-electron chi connectivity index (χ4n) is 4.87. The topological polar surface area (TPSA) is 140 Å². The summed E-state index contributed by atoms with van der Waals surface area (Å²) in [5.74, 6) is -0.861. The second-order valence-electron chi connectivity index (χ2n) is 10.4. The third-order valence-corrected chi connectivity index (χ3v) is 8.70. The minimum Gasteiger partial charge on any atom is -0.443 e. The van der Waals surface area contributed by atoms with Crippen LogP contribution >= 0.6 is 0 Å². The monoisotopic (exact) mass is 565 g/mol. The number of halogens is 1. The second kappa shape index (κ2) is 12.6. The summed E-state index contributed by atoms with van der Waals surface area (Å²) in [6.07, 6.45) is -1.95. The average molecular weight is 566 g/mol. The second-order valence-corrected chi connectivity index (χ2v) is 12.3. The van der Waals surface area contributed by atoms with E-state index in [4.69, 9.17) is 19.9 Å². The summed E-state index contributed by atoms with van der Waals surface area (Å²) in [6, 6.07) is 11.5. The van der Waals surface area contributed by atoms with E-state index in [9.17, 15) is 22.7 Å². The zero-order valence-electron chi connectivity index (χ0n) is 22.0. The minimum absolute atomic E-state index is 0.0527. The summed E-state index contributed by atoms with van der Waals surface area (Å²) >= 11 is 0. The van der Waals surface area contributed by atoms with Crippen molar-refractivity contribution in [3.63, 3.8) is 0 Å². The number of hydrogen-bond donors (Lipinski definition) is 3. The molecule has 39 heavy (non-hydrogen) atoms. The molecule has 0 bridgehead atoms. The van der Waals surface area contributed by atoms with E-state index >= 15 is 0 Å². The number of nitrogen functional groups attached to an aromatic ring is 1. The molecule has 10 nitrogen and oxygen atoms in total. The number of anilines is 1. The van der Waals surface area contributed by atoms with Gasteiger partial charge in [-0.05, 0) is 42.5 Å². The van der Waals surface area contributed by atoms with Gasteiger partial charge in [0.05, 0.1) is 41.9 Å². The zero-order valence-corrected chi connectivity index (χ0v) is 22.8. The summed E-state index contributed by atoms with van der Waals surface area (Å²) in [5.41, 5.74) is 6.16. The van der Waals surface area contributed by atoms with Crippen molar-refractivity contribution in [2.24, 2.45) is 11.8 Å². The van der Waals surface area contributed by atoms with Gasteiger partial charge in [-0.25, -0.2) is 17.6 Å². The van der Waals surface area contributed by atoms with E-state index in [1.165, 1.54) is 0 Å². The van der Waals surface area contributed by atoms with Crippen LogP contribution in [0.2, 0.25) is 0 Å². The smallest absolute Gasteiger partial charge is 0.407 e. The fourth-order valence-corrected chi connectivity index (χ4v) is 6.52. The molecule has 2 aromatic rings. The molecule has 4 N–H and O–H groups in total. The van der Waals surface area contributed by atoms with Crippen LogP contribution in [0.15, 0.2) is 53.4 Å². The molecule has 0 spiro atoms. The molecule has 2 saturated heterocycles. The third kappa shape index (κ3) is 7.25. The van der Waals surface area contributed by atoms with E-state index in [-0.39, 0.29) is 54.8 Å². The van der Waals surface area contributed by atoms with E-state index < -0.39 is 40.2 Å².